The molecule has 0 fully saturated rings. The molecule has 0 atom stereocenters. The van der Waals surface area contributed by atoms with Crippen LogP contribution in [0.5, 0.6) is 5.75 Å². The number of nitrogens with zero attached hydrogens (tertiary/aromatic N) is 4. The second kappa shape index (κ2) is 9.00. The second-order valence-electron chi connectivity index (χ2n) is 8.71. The summed E-state index contributed by atoms with van der Waals surface area (Å²) < 4.78 is 5.98. The van der Waals surface area contributed by atoms with Gasteiger partial charge in [0.1, 0.15) is 18.1 Å². The van der Waals surface area contributed by atoms with Crippen LogP contribution in [0.2, 0.25) is 0 Å². The number of hydrogen-bond donors (Lipinski definition) is 2. The lowest BCUT2D eigenvalue weighted by molar-refractivity contribution is 0.305. The van der Waals surface area contributed by atoms with Crippen molar-refractivity contribution in [3.63, 3.8) is 0 Å². The highest BCUT2D eigenvalue weighted by Crippen LogP contribution is 2.35. The number of aromatic amines is 2. The molecule has 0 saturated heterocycles. The van der Waals surface area contributed by atoms with Crippen molar-refractivity contribution in [3.05, 3.63) is 102 Å². The van der Waals surface area contributed by atoms with Crippen molar-refractivity contribution >= 4 is 33.1 Å². The molecule has 0 amide bonds. The van der Waals surface area contributed by atoms with E-state index in [9.17, 15) is 0 Å². The quantitative estimate of drug-likeness (QED) is 0.260. The molecule has 0 saturated carbocycles. The number of nitrogens with one attached hydrogen (secondary N) is 2. The maximum atomic E-state index is 5.98. The maximum absolute atomic E-state index is 5.98. The summed E-state index contributed by atoms with van der Waals surface area (Å²) in [6, 6.07) is 18.3. The lowest BCUT2D eigenvalue weighted by Crippen LogP contribution is -1.96. The van der Waals surface area contributed by atoms with Gasteiger partial charge in [-0.2, -0.15) is 16.4 Å². The Morgan fingerprint density at radius 2 is 1.73 bits per heavy atom. The minimum Gasteiger partial charge on any atom is -0.487 e. The summed E-state index contributed by atoms with van der Waals surface area (Å²) in [5, 5.41) is 14.0. The van der Waals surface area contributed by atoms with Crippen LogP contribution < -0.4 is 4.74 Å². The molecule has 0 aliphatic heterocycles. The zero-order valence-electron chi connectivity index (χ0n) is 19.6. The van der Waals surface area contributed by atoms with Crippen LogP contribution in [-0.2, 0) is 6.61 Å². The van der Waals surface area contributed by atoms with E-state index in [2.05, 4.69) is 53.0 Å². The number of fused-ring (bicyclic) bond motifs is 2. The normalized spacial score (nSPS) is 11.4. The number of ether oxygens (including phenoxy) is 1. The number of benzene rings is 1. The van der Waals surface area contributed by atoms with E-state index in [1.165, 1.54) is 0 Å². The first-order valence-corrected chi connectivity index (χ1v) is 12.7. The molecule has 8 heteroatoms. The van der Waals surface area contributed by atoms with Gasteiger partial charge in [0.2, 0.25) is 0 Å². The molecule has 0 spiro atoms. The van der Waals surface area contributed by atoms with Gasteiger partial charge in [0.15, 0.2) is 0 Å². The van der Waals surface area contributed by atoms with Crippen LogP contribution in [0, 0.1) is 0 Å². The second-order valence-corrected chi connectivity index (χ2v) is 9.49. The zero-order valence-corrected chi connectivity index (χ0v) is 20.4. The summed E-state index contributed by atoms with van der Waals surface area (Å²) in [5.74, 6) is 0.694. The van der Waals surface area contributed by atoms with Crippen LogP contribution in [0.25, 0.3) is 55.6 Å². The lowest BCUT2D eigenvalue weighted by atomic mass is 10.1. The van der Waals surface area contributed by atoms with Crippen LogP contribution in [0.3, 0.4) is 0 Å². The van der Waals surface area contributed by atoms with Crippen molar-refractivity contribution < 1.29 is 4.74 Å². The number of H-pyrrole nitrogens is 2. The van der Waals surface area contributed by atoms with E-state index in [1.54, 1.807) is 29.9 Å². The zero-order chi connectivity index (χ0) is 24.6. The molecule has 6 heterocycles. The molecule has 2 N–H and O–H groups in total. The lowest BCUT2D eigenvalue weighted by Gasteiger charge is -2.08. The van der Waals surface area contributed by atoms with E-state index < -0.39 is 0 Å². The molecule has 7 nitrogen and oxygen atoms in total. The Hall–Kier alpha value is -4.82. The summed E-state index contributed by atoms with van der Waals surface area (Å²) >= 11 is 1.68. The van der Waals surface area contributed by atoms with Gasteiger partial charge in [-0.3, -0.25) is 20.1 Å². The van der Waals surface area contributed by atoms with E-state index >= 15 is 0 Å². The highest BCUT2D eigenvalue weighted by molar-refractivity contribution is 7.08. The Labute approximate surface area is 215 Å². The molecule has 0 aliphatic rings. The fourth-order valence-electron chi connectivity index (χ4n) is 4.49. The standard InChI is InChI=1S/C29H20N6OS/c1-2-4-18(5-3-1)16-36-21-8-20(11-30-12-21)25-10-23-28(15-32-25)34-35-29(23)26-9-22-24(19-6-7-37-17-19)13-31-14-27(22)33-26/h1-15,17,33H,16H2,(H,34,35). The van der Waals surface area contributed by atoms with Crippen molar-refractivity contribution in [3.8, 4) is 39.5 Å². The molecular weight excluding hydrogens is 480 g/mol. The summed E-state index contributed by atoms with van der Waals surface area (Å²) in [4.78, 5) is 17.0. The average Bonchev–Trinajstić information content (AvgIpc) is 3.71. The van der Waals surface area contributed by atoms with Crippen molar-refractivity contribution in [2.45, 2.75) is 6.61 Å². The third-order valence-electron chi connectivity index (χ3n) is 6.34. The smallest absolute Gasteiger partial charge is 0.138 e. The van der Waals surface area contributed by atoms with Gasteiger partial charge in [0, 0.05) is 34.3 Å². The van der Waals surface area contributed by atoms with Gasteiger partial charge in [0.05, 0.1) is 41.0 Å². The average molecular weight is 501 g/mol. The van der Waals surface area contributed by atoms with E-state index in [-0.39, 0.29) is 0 Å². The number of thiophene rings is 1. The fraction of sp³-hybridized carbons (Fsp3) is 0.0345. The third-order valence-corrected chi connectivity index (χ3v) is 7.02. The van der Waals surface area contributed by atoms with Crippen LogP contribution >= 0.6 is 11.3 Å². The van der Waals surface area contributed by atoms with Gasteiger partial charge in [-0.05, 0) is 46.2 Å². The highest BCUT2D eigenvalue weighted by atomic mass is 32.1. The Morgan fingerprint density at radius 3 is 2.62 bits per heavy atom. The topological polar surface area (TPSA) is 92.4 Å². The Bertz CT molecular complexity index is 1840. The predicted octanol–water partition coefficient (Wildman–Crippen LogP) is 6.87. The third kappa shape index (κ3) is 4.03. The molecule has 1 aromatic carbocycles. The van der Waals surface area contributed by atoms with Crippen molar-refractivity contribution in [2.75, 3.05) is 0 Å². The summed E-state index contributed by atoms with van der Waals surface area (Å²) in [7, 11) is 0. The fourth-order valence-corrected chi connectivity index (χ4v) is 5.14. The minimum atomic E-state index is 0.479. The predicted molar refractivity (Wildman–Crippen MR) is 146 cm³/mol. The number of aromatic nitrogens is 6. The SMILES string of the molecule is c1ccc(COc2cncc(-c3cc4c(-c5cc6c(-c7ccsc7)cncc6[nH]5)n[nH]c4cn3)c2)cc1. The molecule has 178 valence electrons. The van der Waals surface area contributed by atoms with E-state index in [0.29, 0.717) is 12.4 Å². The first-order valence-electron chi connectivity index (χ1n) is 11.8. The van der Waals surface area contributed by atoms with Crippen LogP contribution in [0.4, 0.5) is 0 Å². The van der Waals surface area contributed by atoms with Crippen molar-refractivity contribution in [1.29, 1.82) is 0 Å². The van der Waals surface area contributed by atoms with Crippen molar-refractivity contribution in [1.82, 2.24) is 30.1 Å². The summed E-state index contributed by atoms with van der Waals surface area (Å²) in [5.41, 5.74) is 8.61. The maximum Gasteiger partial charge on any atom is 0.138 e. The molecule has 7 aromatic rings. The summed E-state index contributed by atoms with van der Waals surface area (Å²) in [6.45, 7) is 0.479. The van der Waals surface area contributed by atoms with Gasteiger partial charge in [-0.1, -0.05) is 30.3 Å². The highest BCUT2D eigenvalue weighted by Gasteiger charge is 2.15. The Balaban J connectivity index is 1.24. The first kappa shape index (κ1) is 21.5. The number of pyridine rings is 3. The number of hydrogen-bond acceptors (Lipinski definition) is 6. The monoisotopic (exact) mass is 500 g/mol. The Kier molecular flexibility index (Phi) is 5.22. The first-order chi connectivity index (χ1) is 18.3. The molecule has 0 radical (unpaired) electrons. The van der Waals surface area contributed by atoms with Crippen LogP contribution in [0.1, 0.15) is 5.56 Å². The molecule has 6 aromatic heterocycles. The molecule has 7 rings (SSSR count). The number of rotatable bonds is 6. The van der Waals surface area contributed by atoms with E-state index in [0.717, 1.165) is 61.1 Å². The van der Waals surface area contributed by atoms with Crippen LogP contribution in [-0.4, -0.2) is 30.1 Å². The van der Waals surface area contributed by atoms with E-state index in [4.69, 9.17) is 4.74 Å². The van der Waals surface area contributed by atoms with Gasteiger partial charge in [0.25, 0.3) is 0 Å². The molecule has 0 bridgehead atoms. The van der Waals surface area contributed by atoms with Gasteiger partial charge in [-0.25, -0.2) is 0 Å². The van der Waals surface area contributed by atoms with Gasteiger partial charge in [-0.15, -0.1) is 0 Å². The minimum absolute atomic E-state index is 0.479. The molecule has 0 unspecified atom stereocenters. The largest absolute Gasteiger partial charge is 0.487 e. The summed E-state index contributed by atoms with van der Waals surface area (Å²) in [6.07, 6.45) is 9.08. The molecular formula is C29H20N6OS. The van der Waals surface area contributed by atoms with Gasteiger partial charge < -0.3 is 9.72 Å². The Morgan fingerprint density at radius 1 is 0.811 bits per heavy atom. The van der Waals surface area contributed by atoms with Crippen molar-refractivity contribution in [2.24, 2.45) is 0 Å². The van der Waals surface area contributed by atoms with Gasteiger partial charge >= 0.3 is 0 Å². The van der Waals surface area contributed by atoms with E-state index in [1.807, 2.05) is 54.9 Å². The molecule has 37 heavy (non-hydrogen) atoms. The van der Waals surface area contributed by atoms with Crippen LogP contribution in [0.15, 0.2) is 96.3 Å². The molecule has 0 aliphatic carbocycles.